The maximum absolute atomic E-state index is 13.1. The summed E-state index contributed by atoms with van der Waals surface area (Å²) in [6, 6.07) is 12.4. The van der Waals surface area contributed by atoms with Gasteiger partial charge in [0.15, 0.2) is 0 Å². The van der Waals surface area contributed by atoms with Crippen LogP contribution >= 0.6 is 39.1 Å². The SMILES string of the molecule is Fc1ccc(CC(CCl)c2ccccc2Cl)c(Br)c1. The summed E-state index contributed by atoms with van der Waals surface area (Å²) in [5.41, 5.74) is 2.04. The first kappa shape index (κ1) is 14.8. The molecule has 0 bridgehead atoms. The normalized spacial score (nSPS) is 12.4. The summed E-state index contributed by atoms with van der Waals surface area (Å²) in [6.45, 7) is 0. The number of hydrogen-bond acceptors (Lipinski definition) is 0. The second-order valence-corrected chi connectivity index (χ2v) is 5.88. The van der Waals surface area contributed by atoms with E-state index in [2.05, 4.69) is 15.9 Å². The quantitative estimate of drug-likeness (QED) is 0.603. The predicted octanol–water partition coefficient (Wildman–Crippen LogP) is 5.81. The number of benzene rings is 2. The van der Waals surface area contributed by atoms with Gasteiger partial charge in [0.1, 0.15) is 5.82 Å². The molecule has 0 nitrogen and oxygen atoms in total. The van der Waals surface area contributed by atoms with E-state index >= 15 is 0 Å². The molecule has 2 rings (SSSR count). The molecule has 19 heavy (non-hydrogen) atoms. The molecule has 2 aromatic carbocycles. The maximum Gasteiger partial charge on any atom is 0.124 e. The maximum atomic E-state index is 13.1. The van der Waals surface area contributed by atoms with Gasteiger partial charge in [-0.1, -0.05) is 51.8 Å². The lowest BCUT2D eigenvalue weighted by atomic mass is 9.93. The highest BCUT2D eigenvalue weighted by atomic mass is 79.9. The van der Waals surface area contributed by atoms with E-state index in [9.17, 15) is 4.39 Å². The molecule has 0 saturated carbocycles. The van der Waals surface area contributed by atoms with Gasteiger partial charge < -0.3 is 0 Å². The third-order valence-corrected chi connectivity index (χ3v) is 4.47. The number of hydrogen-bond donors (Lipinski definition) is 0. The molecule has 2 aromatic rings. The van der Waals surface area contributed by atoms with Crippen LogP contribution in [-0.4, -0.2) is 5.88 Å². The van der Waals surface area contributed by atoms with Crippen molar-refractivity contribution in [3.05, 3.63) is 68.9 Å². The van der Waals surface area contributed by atoms with Gasteiger partial charge in [-0.05, 0) is 35.7 Å². The molecule has 0 amide bonds. The Morgan fingerprint density at radius 2 is 1.89 bits per heavy atom. The van der Waals surface area contributed by atoms with E-state index < -0.39 is 0 Å². The summed E-state index contributed by atoms with van der Waals surface area (Å²) in [5.74, 6) is 0.320. The van der Waals surface area contributed by atoms with E-state index in [1.54, 1.807) is 6.07 Å². The summed E-state index contributed by atoms with van der Waals surface area (Å²) in [7, 11) is 0. The zero-order chi connectivity index (χ0) is 13.8. The van der Waals surface area contributed by atoms with Crippen molar-refractivity contribution in [2.45, 2.75) is 12.3 Å². The highest BCUT2D eigenvalue weighted by Gasteiger charge is 2.15. The standard InChI is InChI=1S/C15H12BrCl2F/c16-14-8-12(19)6-5-10(14)7-11(9-17)13-3-1-2-4-15(13)18/h1-6,8,11H,7,9H2. The van der Waals surface area contributed by atoms with Gasteiger partial charge in [0.2, 0.25) is 0 Å². The van der Waals surface area contributed by atoms with E-state index in [0.717, 1.165) is 15.6 Å². The molecule has 0 radical (unpaired) electrons. The van der Waals surface area contributed by atoms with E-state index in [1.807, 2.05) is 24.3 Å². The van der Waals surface area contributed by atoms with E-state index in [-0.39, 0.29) is 11.7 Å². The van der Waals surface area contributed by atoms with Crippen molar-refractivity contribution < 1.29 is 4.39 Å². The van der Waals surface area contributed by atoms with Crippen LogP contribution in [0.1, 0.15) is 17.0 Å². The highest BCUT2D eigenvalue weighted by molar-refractivity contribution is 9.10. The molecule has 0 heterocycles. The van der Waals surface area contributed by atoms with Gasteiger partial charge in [0.05, 0.1) is 0 Å². The minimum Gasteiger partial charge on any atom is -0.207 e. The van der Waals surface area contributed by atoms with Gasteiger partial charge in [0.25, 0.3) is 0 Å². The molecule has 1 unspecified atom stereocenters. The van der Waals surface area contributed by atoms with Crippen LogP contribution in [0, 0.1) is 5.82 Å². The fourth-order valence-corrected chi connectivity index (χ4v) is 3.08. The monoisotopic (exact) mass is 360 g/mol. The van der Waals surface area contributed by atoms with Crippen LogP contribution in [0.3, 0.4) is 0 Å². The van der Waals surface area contributed by atoms with Gasteiger partial charge in [-0.15, -0.1) is 11.6 Å². The first-order chi connectivity index (χ1) is 9.11. The number of halogens is 4. The smallest absolute Gasteiger partial charge is 0.124 e. The molecule has 0 spiro atoms. The second kappa shape index (κ2) is 6.74. The molecule has 100 valence electrons. The van der Waals surface area contributed by atoms with Crippen LogP contribution in [0.4, 0.5) is 4.39 Å². The second-order valence-electron chi connectivity index (χ2n) is 4.31. The number of alkyl halides is 1. The van der Waals surface area contributed by atoms with Crippen LogP contribution in [0.15, 0.2) is 46.9 Å². The molecule has 1 atom stereocenters. The minimum absolute atomic E-state index is 0.108. The highest BCUT2D eigenvalue weighted by Crippen LogP contribution is 2.30. The first-order valence-corrected chi connectivity index (χ1v) is 7.56. The van der Waals surface area contributed by atoms with E-state index in [1.165, 1.54) is 12.1 Å². The lowest BCUT2D eigenvalue weighted by molar-refractivity contribution is 0.625. The third kappa shape index (κ3) is 3.71. The van der Waals surface area contributed by atoms with Crippen molar-refractivity contribution in [1.29, 1.82) is 0 Å². The fourth-order valence-electron chi connectivity index (χ4n) is 2.01. The minimum atomic E-state index is -0.254. The fraction of sp³-hybridized carbons (Fsp3) is 0.200. The first-order valence-electron chi connectivity index (χ1n) is 5.86. The molecular weight excluding hydrogens is 350 g/mol. The average Bonchev–Trinajstić information content (AvgIpc) is 2.39. The topological polar surface area (TPSA) is 0 Å². The molecule has 0 aliphatic heterocycles. The average molecular weight is 362 g/mol. The Labute approximate surface area is 130 Å². The summed E-state index contributed by atoms with van der Waals surface area (Å²) >= 11 is 15.6. The van der Waals surface area contributed by atoms with Crippen LogP contribution < -0.4 is 0 Å². The van der Waals surface area contributed by atoms with Crippen molar-refractivity contribution in [3.8, 4) is 0 Å². The van der Waals surface area contributed by atoms with Gasteiger partial charge in [0, 0.05) is 21.3 Å². The van der Waals surface area contributed by atoms with Crippen molar-refractivity contribution in [2.75, 3.05) is 5.88 Å². The zero-order valence-electron chi connectivity index (χ0n) is 10.0. The molecule has 0 N–H and O–H groups in total. The lowest BCUT2D eigenvalue weighted by Gasteiger charge is -2.17. The summed E-state index contributed by atoms with van der Waals surface area (Å²) in [4.78, 5) is 0. The van der Waals surface area contributed by atoms with Gasteiger partial charge in [-0.2, -0.15) is 0 Å². The predicted molar refractivity (Wildman–Crippen MR) is 82.7 cm³/mol. The van der Waals surface area contributed by atoms with Crippen LogP contribution in [-0.2, 0) is 6.42 Å². The molecule has 4 heteroatoms. The van der Waals surface area contributed by atoms with Gasteiger partial charge in [-0.25, -0.2) is 4.39 Å². The van der Waals surface area contributed by atoms with Crippen molar-refractivity contribution >= 4 is 39.1 Å². The van der Waals surface area contributed by atoms with Gasteiger partial charge in [-0.3, -0.25) is 0 Å². The molecule has 0 aliphatic carbocycles. The zero-order valence-corrected chi connectivity index (χ0v) is 13.1. The van der Waals surface area contributed by atoms with Crippen molar-refractivity contribution in [1.82, 2.24) is 0 Å². The van der Waals surface area contributed by atoms with Crippen LogP contribution in [0.5, 0.6) is 0 Å². The van der Waals surface area contributed by atoms with Crippen molar-refractivity contribution in [3.63, 3.8) is 0 Å². The molecule has 0 aromatic heterocycles. The Morgan fingerprint density at radius 1 is 1.16 bits per heavy atom. The Balaban J connectivity index is 2.27. The summed E-state index contributed by atoms with van der Waals surface area (Å²) in [5, 5.41) is 0.714. The van der Waals surface area contributed by atoms with Crippen molar-refractivity contribution in [2.24, 2.45) is 0 Å². The summed E-state index contributed by atoms with van der Waals surface area (Å²) in [6.07, 6.45) is 0.716. The van der Waals surface area contributed by atoms with Crippen LogP contribution in [0.2, 0.25) is 5.02 Å². The molecule has 0 fully saturated rings. The number of rotatable bonds is 4. The molecule has 0 aliphatic rings. The van der Waals surface area contributed by atoms with Crippen LogP contribution in [0.25, 0.3) is 0 Å². The van der Waals surface area contributed by atoms with E-state index in [4.69, 9.17) is 23.2 Å². The van der Waals surface area contributed by atoms with E-state index in [0.29, 0.717) is 17.3 Å². The Hall–Kier alpha value is -0.570. The molecule has 0 saturated heterocycles. The Morgan fingerprint density at radius 3 is 2.53 bits per heavy atom. The largest absolute Gasteiger partial charge is 0.207 e. The lowest BCUT2D eigenvalue weighted by Crippen LogP contribution is -2.06. The van der Waals surface area contributed by atoms with Gasteiger partial charge >= 0.3 is 0 Å². The molecular formula is C15H12BrCl2F. The third-order valence-electron chi connectivity index (χ3n) is 3.01. The Kier molecular flexibility index (Phi) is 5.26. The Bertz CT molecular complexity index is 572. The summed E-state index contributed by atoms with van der Waals surface area (Å²) < 4.78 is 13.8.